The third-order valence-corrected chi connectivity index (χ3v) is 1.96. The summed E-state index contributed by atoms with van der Waals surface area (Å²) in [4.78, 5) is 10.6. The van der Waals surface area contributed by atoms with Gasteiger partial charge in [-0.1, -0.05) is 0 Å². The normalized spacial score (nSPS) is 16.9. The Balaban J connectivity index is 4.26. The zero-order chi connectivity index (χ0) is 11.8. The molecule has 0 bridgehead atoms. The van der Waals surface area contributed by atoms with Gasteiger partial charge in [0.2, 0.25) is 0 Å². The van der Waals surface area contributed by atoms with Crippen molar-refractivity contribution in [3.05, 3.63) is 0 Å². The van der Waals surface area contributed by atoms with Gasteiger partial charge >= 0.3 is 5.97 Å². The molecule has 0 unspecified atom stereocenters. The summed E-state index contributed by atoms with van der Waals surface area (Å²) in [6.07, 6.45) is -2.42. The second-order valence-corrected chi connectivity index (χ2v) is 3.03. The minimum absolute atomic E-state index is 0.0264. The minimum Gasteiger partial charge on any atom is -0.463 e. The van der Waals surface area contributed by atoms with E-state index in [1.54, 1.807) is 0 Å². The third kappa shape index (κ3) is 5.08. The van der Waals surface area contributed by atoms with Gasteiger partial charge in [-0.25, -0.2) is 0 Å². The molecule has 3 atom stereocenters. The number of aliphatic hydroxyl groups is 2. The molecule has 0 aliphatic rings. The first-order valence-corrected chi connectivity index (χ1v) is 4.54. The van der Waals surface area contributed by atoms with Gasteiger partial charge in [-0.15, -0.1) is 0 Å². The molecular weight excluding hydrogens is 204 g/mol. The third-order valence-electron chi connectivity index (χ3n) is 1.96. The Hall–Kier alpha value is -0.690. The molecule has 6 nitrogen and oxygen atoms in total. The first kappa shape index (κ1) is 14.3. The number of esters is 1. The summed E-state index contributed by atoms with van der Waals surface area (Å²) < 4.78 is 14.7. The van der Waals surface area contributed by atoms with Gasteiger partial charge in [0, 0.05) is 21.1 Å². The molecule has 0 aliphatic heterocycles. The van der Waals surface area contributed by atoms with Crippen molar-refractivity contribution in [1.29, 1.82) is 0 Å². The number of carbonyl (C=O) groups excluding carboxylic acids is 1. The first-order chi connectivity index (χ1) is 7.06. The largest absolute Gasteiger partial charge is 0.463 e. The van der Waals surface area contributed by atoms with E-state index in [-0.39, 0.29) is 6.61 Å². The molecule has 90 valence electrons. The van der Waals surface area contributed by atoms with Crippen molar-refractivity contribution >= 4 is 5.97 Å². The van der Waals surface area contributed by atoms with Crippen molar-refractivity contribution in [2.24, 2.45) is 0 Å². The number of methoxy groups -OCH3 is 2. The Morgan fingerprint density at radius 1 is 1.33 bits per heavy atom. The SMILES string of the molecule is CO[C@H]([C@H](COC(C)=O)OC)[C@@H](O)CO. The smallest absolute Gasteiger partial charge is 0.302 e. The van der Waals surface area contributed by atoms with Crippen molar-refractivity contribution in [2.75, 3.05) is 27.4 Å². The van der Waals surface area contributed by atoms with E-state index in [9.17, 15) is 9.90 Å². The van der Waals surface area contributed by atoms with Crippen molar-refractivity contribution in [1.82, 2.24) is 0 Å². The van der Waals surface area contributed by atoms with Crippen molar-refractivity contribution in [3.63, 3.8) is 0 Å². The number of aliphatic hydroxyl groups excluding tert-OH is 2. The minimum atomic E-state index is -1.07. The molecule has 0 aromatic heterocycles. The second kappa shape index (κ2) is 7.58. The van der Waals surface area contributed by atoms with Crippen molar-refractivity contribution in [3.8, 4) is 0 Å². The van der Waals surface area contributed by atoms with Gasteiger partial charge in [0.15, 0.2) is 0 Å². The van der Waals surface area contributed by atoms with Gasteiger partial charge in [-0.05, 0) is 0 Å². The summed E-state index contributed by atoms with van der Waals surface area (Å²) in [7, 11) is 2.79. The Labute approximate surface area is 88.7 Å². The molecule has 0 fully saturated rings. The fourth-order valence-corrected chi connectivity index (χ4v) is 1.16. The molecule has 0 rings (SSSR count). The van der Waals surface area contributed by atoms with Crippen LogP contribution in [0.5, 0.6) is 0 Å². The molecule has 0 aromatic rings. The average Bonchev–Trinajstić information content (AvgIpc) is 2.22. The van der Waals surface area contributed by atoms with Crippen LogP contribution in [0.4, 0.5) is 0 Å². The van der Waals surface area contributed by atoms with Crippen LogP contribution in [-0.2, 0) is 19.0 Å². The molecule has 0 heterocycles. The fourth-order valence-electron chi connectivity index (χ4n) is 1.16. The predicted molar refractivity (Wildman–Crippen MR) is 51.3 cm³/mol. The lowest BCUT2D eigenvalue weighted by molar-refractivity contribution is -0.155. The average molecular weight is 222 g/mol. The maximum absolute atomic E-state index is 10.6. The fraction of sp³-hybridized carbons (Fsp3) is 0.889. The van der Waals surface area contributed by atoms with E-state index in [1.165, 1.54) is 21.1 Å². The van der Waals surface area contributed by atoms with Crippen LogP contribution in [-0.4, -0.2) is 61.9 Å². The summed E-state index contributed by atoms with van der Waals surface area (Å²) in [5.41, 5.74) is 0. The van der Waals surface area contributed by atoms with E-state index >= 15 is 0 Å². The van der Waals surface area contributed by atoms with Gasteiger partial charge in [-0.2, -0.15) is 0 Å². The highest BCUT2D eigenvalue weighted by molar-refractivity contribution is 5.65. The van der Waals surface area contributed by atoms with E-state index < -0.39 is 30.9 Å². The van der Waals surface area contributed by atoms with E-state index in [4.69, 9.17) is 19.3 Å². The van der Waals surface area contributed by atoms with Crippen LogP contribution in [0.15, 0.2) is 0 Å². The lowest BCUT2D eigenvalue weighted by atomic mass is 10.1. The summed E-state index contributed by atoms with van der Waals surface area (Å²) in [5.74, 6) is -0.439. The molecule has 0 saturated carbocycles. The molecule has 0 aliphatic carbocycles. The van der Waals surface area contributed by atoms with E-state index in [1.807, 2.05) is 0 Å². The summed E-state index contributed by atoms with van der Waals surface area (Å²) in [6.45, 7) is 0.802. The van der Waals surface area contributed by atoms with Crippen LogP contribution in [0.3, 0.4) is 0 Å². The number of rotatable bonds is 7. The van der Waals surface area contributed by atoms with Crippen LogP contribution in [0.2, 0.25) is 0 Å². The lowest BCUT2D eigenvalue weighted by Crippen LogP contribution is -2.44. The molecule has 0 aromatic carbocycles. The molecule has 2 N–H and O–H groups in total. The Morgan fingerprint density at radius 3 is 2.27 bits per heavy atom. The van der Waals surface area contributed by atoms with E-state index in [2.05, 4.69) is 0 Å². The van der Waals surface area contributed by atoms with E-state index in [0.29, 0.717) is 0 Å². The van der Waals surface area contributed by atoms with Crippen molar-refractivity contribution < 1.29 is 29.2 Å². The Kier molecular flexibility index (Phi) is 7.23. The molecular formula is C9H18O6. The Morgan fingerprint density at radius 2 is 1.93 bits per heavy atom. The van der Waals surface area contributed by atoms with Gasteiger partial charge < -0.3 is 24.4 Å². The number of carbonyl (C=O) groups is 1. The lowest BCUT2D eigenvalue weighted by Gasteiger charge is -2.27. The second-order valence-electron chi connectivity index (χ2n) is 3.03. The van der Waals surface area contributed by atoms with Crippen LogP contribution in [0, 0.1) is 0 Å². The maximum atomic E-state index is 10.6. The highest BCUT2D eigenvalue weighted by Crippen LogP contribution is 2.08. The Bertz CT molecular complexity index is 183. The zero-order valence-corrected chi connectivity index (χ0v) is 9.17. The first-order valence-electron chi connectivity index (χ1n) is 4.54. The molecule has 15 heavy (non-hydrogen) atoms. The van der Waals surface area contributed by atoms with Gasteiger partial charge in [0.25, 0.3) is 0 Å². The molecule has 0 saturated heterocycles. The van der Waals surface area contributed by atoms with Crippen LogP contribution >= 0.6 is 0 Å². The van der Waals surface area contributed by atoms with Gasteiger partial charge in [0.1, 0.15) is 24.9 Å². The summed E-state index contributed by atoms with van der Waals surface area (Å²) in [5, 5.41) is 18.2. The highest BCUT2D eigenvalue weighted by Gasteiger charge is 2.28. The number of ether oxygens (including phenoxy) is 3. The predicted octanol–water partition coefficient (Wildman–Crippen LogP) is -1.07. The highest BCUT2D eigenvalue weighted by atomic mass is 16.6. The van der Waals surface area contributed by atoms with Gasteiger partial charge in [0.05, 0.1) is 6.61 Å². The molecule has 0 amide bonds. The van der Waals surface area contributed by atoms with Crippen LogP contribution in [0.1, 0.15) is 6.92 Å². The molecule has 6 heteroatoms. The number of hydrogen-bond acceptors (Lipinski definition) is 6. The topological polar surface area (TPSA) is 85.2 Å². The monoisotopic (exact) mass is 222 g/mol. The number of hydrogen-bond donors (Lipinski definition) is 2. The van der Waals surface area contributed by atoms with Gasteiger partial charge in [-0.3, -0.25) is 4.79 Å². The standard InChI is InChI=1S/C9H18O6/c1-6(11)15-5-8(13-2)9(14-3)7(12)4-10/h7-10,12H,4-5H2,1-3H3/t7-,8-,9-/m0/s1. The summed E-state index contributed by atoms with van der Waals surface area (Å²) >= 11 is 0. The quantitative estimate of drug-likeness (QED) is 0.534. The van der Waals surface area contributed by atoms with Crippen LogP contribution < -0.4 is 0 Å². The van der Waals surface area contributed by atoms with Crippen molar-refractivity contribution in [2.45, 2.75) is 25.2 Å². The van der Waals surface area contributed by atoms with Crippen LogP contribution in [0.25, 0.3) is 0 Å². The molecule has 0 spiro atoms. The maximum Gasteiger partial charge on any atom is 0.302 e. The van der Waals surface area contributed by atoms with E-state index in [0.717, 1.165) is 0 Å². The molecule has 0 radical (unpaired) electrons. The zero-order valence-electron chi connectivity index (χ0n) is 9.17. The summed E-state index contributed by atoms with van der Waals surface area (Å²) in [6, 6.07) is 0.